The highest BCUT2D eigenvalue weighted by atomic mass is 32.1. The van der Waals surface area contributed by atoms with Gasteiger partial charge in [0.15, 0.2) is 0 Å². The normalized spacial score (nSPS) is 14.3. The van der Waals surface area contributed by atoms with Crippen molar-refractivity contribution in [3.8, 4) is 0 Å². The number of aliphatic imine (C=N–C) groups is 1. The molecule has 0 fully saturated rings. The number of aryl methyl sites for hydroxylation is 1. The van der Waals surface area contributed by atoms with Crippen LogP contribution < -0.4 is 0 Å². The molecule has 1 N–H and O–H groups in total. The first-order valence-corrected chi connectivity index (χ1v) is 4.53. The van der Waals surface area contributed by atoms with Crippen molar-refractivity contribution in [2.75, 3.05) is 0 Å². The second-order valence-electron chi connectivity index (χ2n) is 2.58. The predicted octanol–water partition coefficient (Wildman–Crippen LogP) is 2.09. The van der Waals surface area contributed by atoms with Crippen LogP contribution in [0.2, 0.25) is 0 Å². The number of hydrogen-bond donors (Lipinski definition) is 1. The van der Waals surface area contributed by atoms with Crippen molar-refractivity contribution in [2.45, 2.75) is 12.8 Å². The number of thiophene rings is 1. The zero-order valence-electron chi connectivity index (χ0n) is 6.28. The zero-order valence-corrected chi connectivity index (χ0v) is 7.10. The number of carboxylic acids is 1. The number of fused-ring (bicyclic) bond motifs is 1. The van der Waals surface area contributed by atoms with Crippen LogP contribution in [0, 0.1) is 0 Å². The van der Waals surface area contributed by atoms with E-state index >= 15 is 0 Å². The molecule has 0 saturated heterocycles. The van der Waals surface area contributed by atoms with Gasteiger partial charge in [-0.15, -0.1) is 11.3 Å². The van der Waals surface area contributed by atoms with E-state index < -0.39 is 5.97 Å². The van der Waals surface area contributed by atoms with Gasteiger partial charge in [0, 0.05) is 16.5 Å². The summed E-state index contributed by atoms with van der Waals surface area (Å²) < 4.78 is 0. The minimum absolute atomic E-state index is 0.339. The maximum atomic E-state index is 10.7. The summed E-state index contributed by atoms with van der Waals surface area (Å²) in [7, 11) is 0. The summed E-state index contributed by atoms with van der Waals surface area (Å²) in [6.45, 7) is 0. The second-order valence-corrected chi connectivity index (χ2v) is 3.54. The number of aromatic carboxylic acids is 1. The highest BCUT2D eigenvalue weighted by Crippen LogP contribution is 2.33. The van der Waals surface area contributed by atoms with E-state index in [1.54, 1.807) is 11.6 Å². The van der Waals surface area contributed by atoms with Crippen molar-refractivity contribution < 1.29 is 9.90 Å². The molecule has 0 bridgehead atoms. The maximum absolute atomic E-state index is 10.7. The van der Waals surface area contributed by atoms with Crippen LogP contribution in [-0.4, -0.2) is 17.3 Å². The van der Waals surface area contributed by atoms with Gasteiger partial charge in [-0.05, 0) is 12.8 Å². The van der Waals surface area contributed by atoms with Crippen molar-refractivity contribution in [3.63, 3.8) is 0 Å². The van der Waals surface area contributed by atoms with Gasteiger partial charge in [0.05, 0.1) is 11.3 Å². The van der Waals surface area contributed by atoms with Crippen LogP contribution >= 0.6 is 11.3 Å². The second kappa shape index (κ2) is 2.71. The minimum atomic E-state index is -0.883. The Hall–Kier alpha value is -1.16. The number of rotatable bonds is 1. The Kier molecular flexibility index (Phi) is 1.69. The standard InChI is InChI=1S/C8H7NO2S/c10-8(11)5-4-12-6-2-1-3-9-7(5)6/h3-4H,1-2H2,(H,10,11). The zero-order chi connectivity index (χ0) is 8.55. The first-order chi connectivity index (χ1) is 5.79. The lowest BCUT2D eigenvalue weighted by Crippen LogP contribution is -1.96. The van der Waals surface area contributed by atoms with Gasteiger partial charge in [0.2, 0.25) is 0 Å². The van der Waals surface area contributed by atoms with Gasteiger partial charge >= 0.3 is 5.97 Å². The number of carbonyl (C=O) groups is 1. The molecule has 4 heteroatoms. The van der Waals surface area contributed by atoms with E-state index in [0.29, 0.717) is 11.3 Å². The van der Waals surface area contributed by atoms with Crippen molar-refractivity contribution in [1.29, 1.82) is 0 Å². The quantitative estimate of drug-likeness (QED) is 0.721. The smallest absolute Gasteiger partial charge is 0.338 e. The van der Waals surface area contributed by atoms with E-state index in [1.165, 1.54) is 11.3 Å². The van der Waals surface area contributed by atoms with E-state index in [-0.39, 0.29) is 0 Å². The lowest BCUT2D eigenvalue weighted by Gasteiger charge is -2.03. The molecule has 12 heavy (non-hydrogen) atoms. The molecule has 0 atom stereocenters. The maximum Gasteiger partial charge on any atom is 0.338 e. The summed E-state index contributed by atoms with van der Waals surface area (Å²) >= 11 is 1.49. The fraction of sp³-hybridized carbons (Fsp3) is 0.250. The Labute approximate surface area is 73.4 Å². The van der Waals surface area contributed by atoms with Crippen LogP contribution in [0.25, 0.3) is 0 Å². The van der Waals surface area contributed by atoms with Gasteiger partial charge in [-0.1, -0.05) is 0 Å². The molecule has 3 nitrogen and oxygen atoms in total. The Morgan fingerprint density at radius 3 is 3.25 bits per heavy atom. The Balaban J connectivity index is 2.54. The van der Waals surface area contributed by atoms with Crippen LogP contribution in [0.3, 0.4) is 0 Å². The van der Waals surface area contributed by atoms with Gasteiger partial charge < -0.3 is 5.11 Å². The summed E-state index contributed by atoms with van der Waals surface area (Å²) in [6.07, 6.45) is 3.63. The van der Waals surface area contributed by atoms with Crippen LogP contribution in [0.5, 0.6) is 0 Å². The van der Waals surface area contributed by atoms with Crippen molar-refractivity contribution in [3.05, 3.63) is 15.8 Å². The Morgan fingerprint density at radius 1 is 1.67 bits per heavy atom. The van der Waals surface area contributed by atoms with Crippen LogP contribution in [0.15, 0.2) is 10.4 Å². The first-order valence-electron chi connectivity index (χ1n) is 3.65. The molecular weight excluding hydrogens is 174 g/mol. The third kappa shape index (κ3) is 1.04. The van der Waals surface area contributed by atoms with Crippen molar-refractivity contribution in [2.24, 2.45) is 4.99 Å². The largest absolute Gasteiger partial charge is 0.478 e. The highest BCUT2D eigenvalue weighted by Gasteiger charge is 2.17. The third-order valence-corrected chi connectivity index (χ3v) is 2.83. The van der Waals surface area contributed by atoms with Crippen molar-refractivity contribution in [1.82, 2.24) is 0 Å². The molecule has 2 heterocycles. The molecule has 1 aromatic heterocycles. The van der Waals surface area contributed by atoms with Crippen LogP contribution in [0.1, 0.15) is 21.7 Å². The van der Waals surface area contributed by atoms with E-state index in [9.17, 15) is 4.79 Å². The summed E-state index contributed by atoms with van der Waals surface area (Å²) in [5.41, 5.74) is 1.00. The van der Waals surface area contributed by atoms with Crippen molar-refractivity contribution >= 4 is 29.2 Å². The molecule has 0 unspecified atom stereocenters. The molecule has 0 saturated carbocycles. The summed E-state index contributed by atoms with van der Waals surface area (Å²) in [5.74, 6) is -0.883. The molecule has 0 aromatic carbocycles. The molecule has 1 aliphatic rings. The lowest BCUT2D eigenvalue weighted by molar-refractivity contribution is 0.0698. The fourth-order valence-electron chi connectivity index (χ4n) is 1.21. The van der Waals surface area contributed by atoms with Gasteiger partial charge in [-0.25, -0.2) is 4.79 Å². The Bertz CT molecular complexity index is 354. The topological polar surface area (TPSA) is 49.7 Å². The molecule has 0 radical (unpaired) electrons. The average Bonchev–Trinajstić information content (AvgIpc) is 2.47. The monoisotopic (exact) mass is 181 g/mol. The number of nitrogens with zero attached hydrogens (tertiary/aromatic N) is 1. The number of hydrogen-bond acceptors (Lipinski definition) is 3. The fourth-order valence-corrected chi connectivity index (χ4v) is 2.20. The van der Waals surface area contributed by atoms with E-state index in [2.05, 4.69) is 4.99 Å². The molecule has 0 spiro atoms. The minimum Gasteiger partial charge on any atom is -0.478 e. The molecule has 0 aliphatic carbocycles. The number of carboxylic acid groups (broad SMARTS) is 1. The SMILES string of the molecule is O=C(O)c1csc2c1N=CCC2. The van der Waals surface area contributed by atoms with Crippen LogP contribution in [0.4, 0.5) is 5.69 Å². The van der Waals surface area contributed by atoms with E-state index in [4.69, 9.17) is 5.11 Å². The summed E-state index contributed by atoms with van der Waals surface area (Å²) in [5, 5.41) is 10.4. The van der Waals surface area contributed by atoms with Gasteiger partial charge in [-0.3, -0.25) is 4.99 Å². The van der Waals surface area contributed by atoms with E-state index in [0.717, 1.165) is 17.7 Å². The molecule has 1 aromatic rings. The molecule has 62 valence electrons. The van der Waals surface area contributed by atoms with Gasteiger partial charge in [0.1, 0.15) is 0 Å². The predicted molar refractivity (Wildman–Crippen MR) is 47.8 cm³/mol. The average molecular weight is 181 g/mol. The van der Waals surface area contributed by atoms with E-state index in [1.807, 2.05) is 0 Å². The molecule has 1 aliphatic heterocycles. The summed E-state index contributed by atoms with van der Waals surface area (Å²) in [4.78, 5) is 15.8. The van der Waals surface area contributed by atoms with Gasteiger partial charge in [-0.2, -0.15) is 0 Å². The molecule has 0 amide bonds. The Morgan fingerprint density at radius 2 is 2.50 bits per heavy atom. The summed E-state index contributed by atoms with van der Waals surface area (Å²) in [6, 6.07) is 0. The van der Waals surface area contributed by atoms with Gasteiger partial charge in [0.25, 0.3) is 0 Å². The molecular formula is C8H7NO2S. The molecule has 2 rings (SSSR count). The lowest BCUT2D eigenvalue weighted by atomic mass is 10.1. The first kappa shape index (κ1) is 7.49. The van der Waals surface area contributed by atoms with Crippen LogP contribution in [-0.2, 0) is 6.42 Å². The third-order valence-electron chi connectivity index (χ3n) is 1.79. The highest BCUT2D eigenvalue weighted by molar-refractivity contribution is 7.10.